The Labute approximate surface area is 256 Å². The number of rotatable bonds is 7. The molecule has 2 N–H and O–H groups in total. The van der Waals surface area contributed by atoms with Crippen LogP contribution in [0.5, 0.6) is 11.5 Å². The number of amides is 1. The van der Waals surface area contributed by atoms with Crippen LogP contribution in [-0.2, 0) is 16.5 Å². The number of ether oxygens (including phenoxy) is 1. The van der Waals surface area contributed by atoms with Gasteiger partial charge in [0.25, 0.3) is 16.0 Å². The minimum atomic E-state index is -4.56. The molecule has 0 aliphatic rings. The Morgan fingerprint density at radius 2 is 1.77 bits per heavy atom. The molecule has 196 valence electrons. The molecule has 0 aliphatic carbocycles. The number of halogens is 2. The minimum absolute atomic E-state index is 0. The summed E-state index contributed by atoms with van der Waals surface area (Å²) in [4.78, 5) is 12.7. The second-order valence-electron chi connectivity index (χ2n) is 8.07. The summed E-state index contributed by atoms with van der Waals surface area (Å²) in [5.74, 6) is -0.870. The Morgan fingerprint density at radius 3 is 2.41 bits per heavy atom. The smallest absolute Gasteiger partial charge is 0.870 e. The maximum absolute atomic E-state index is 13.4. The van der Waals surface area contributed by atoms with Crippen molar-refractivity contribution >= 4 is 67.1 Å². The molecule has 1 amide bonds. The van der Waals surface area contributed by atoms with Gasteiger partial charge in [-0.05, 0) is 47.7 Å². The van der Waals surface area contributed by atoms with E-state index in [1.54, 1.807) is 43.3 Å². The van der Waals surface area contributed by atoms with Crippen molar-refractivity contribution in [3.8, 4) is 11.5 Å². The Kier molecular flexibility index (Phi) is 10.0. The van der Waals surface area contributed by atoms with Crippen molar-refractivity contribution in [2.45, 2.75) is 18.2 Å². The van der Waals surface area contributed by atoms with E-state index >= 15 is 0 Å². The van der Waals surface area contributed by atoms with Crippen molar-refractivity contribution in [1.29, 1.82) is 0 Å². The predicted molar refractivity (Wildman–Crippen MR) is 144 cm³/mol. The molecular formula is C26H20Cl2N3NaO6S. The number of carbonyl (C=O) groups excluding carboxylic acids is 1. The maximum Gasteiger partial charge on any atom is 1.00 e. The largest absolute Gasteiger partial charge is 1.00 e. The number of methoxy groups -OCH3 is 1. The summed E-state index contributed by atoms with van der Waals surface area (Å²) in [5, 5.41) is 25.3. The summed E-state index contributed by atoms with van der Waals surface area (Å²) >= 11 is 12.3. The molecule has 0 fully saturated rings. The average Bonchev–Trinajstić information content (AvgIpc) is 2.87. The van der Waals surface area contributed by atoms with Gasteiger partial charge in [-0.15, -0.1) is 0 Å². The van der Waals surface area contributed by atoms with E-state index in [0.29, 0.717) is 16.5 Å². The molecule has 4 rings (SSSR count). The van der Waals surface area contributed by atoms with E-state index in [0.717, 1.165) is 0 Å². The fourth-order valence-corrected chi connectivity index (χ4v) is 5.43. The van der Waals surface area contributed by atoms with Crippen LogP contribution in [0.4, 0.5) is 17.1 Å². The van der Waals surface area contributed by atoms with Crippen LogP contribution in [0, 0.1) is 0 Å². The molecule has 0 radical (unpaired) electrons. The first-order valence-electron chi connectivity index (χ1n) is 11.1. The summed E-state index contributed by atoms with van der Waals surface area (Å²) in [6.07, 6.45) is 0.234. The van der Waals surface area contributed by atoms with E-state index in [4.69, 9.17) is 27.9 Å². The first-order chi connectivity index (χ1) is 18.0. The Bertz CT molecular complexity index is 1710. The average molecular weight is 596 g/mol. The van der Waals surface area contributed by atoms with E-state index in [1.165, 1.54) is 31.4 Å². The minimum Gasteiger partial charge on any atom is -0.870 e. The molecule has 0 saturated heterocycles. The number of anilines is 1. The van der Waals surface area contributed by atoms with Crippen LogP contribution in [0.1, 0.15) is 22.8 Å². The molecule has 9 nitrogen and oxygen atoms in total. The van der Waals surface area contributed by atoms with Crippen LogP contribution in [-0.4, -0.2) is 26.0 Å². The molecule has 0 heterocycles. The van der Waals surface area contributed by atoms with Gasteiger partial charge in [0, 0.05) is 17.0 Å². The zero-order valence-corrected chi connectivity index (χ0v) is 25.4. The number of hydrogen-bond acceptors (Lipinski definition) is 7. The number of benzene rings is 4. The monoisotopic (exact) mass is 595 g/mol. The first-order valence-corrected chi connectivity index (χ1v) is 13.3. The van der Waals surface area contributed by atoms with Gasteiger partial charge in [-0.3, -0.25) is 9.35 Å². The van der Waals surface area contributed by atoms with Gasteiger partial charge >= 0.3 is 29.6 Å². The summed E-state index contributed by atoms with van der Waals surface area (Å²) in [7, 11) is -3.07. The molecule has 0 aromatic heterocycles. The molecule has 0 aliphatic heterocycles. The molecule has 39 heavy (non-hydrogen) atoms. The third-order valence-corrected chi connectivity index (χ3v) is 7.38. The number of azo groups is 1. The fourth-order valence-electron chi connectivity index (χ4n) is 3.84. The maximum atomic E-state index is 13.4. The SMILES string of the molecule is CCc1cc(N=Nc2c([O-])c(C(=O)Nc3ccc(OC)cc3Cl)cc3ccccc23)cc(Cl)c1S(=O)(=O)O.[Na+]. The number of aryl methyl sites for hydroxylation is 1. The predicted octanol–water partition coefficient (Wildman–Crippen LogP) is 3.71. The number of nitrogens with one attached hydrogen (secondary N) is 1. The Hall–Kier alpha value is -2.70. The van der Waals surface area contributed by atoms with Crippen molar-refractivity contribution in [2.24, 2.45) is 10.2 Å². The molecule has 0 spiro atoms. The molecule has 0 unspecified atom stereocenters. The van der Waals surface area contributed by atoms with Crippen molar-refractivity contribution in [1.82, 2.24) is 0 Å². The summed E-state index contributed by atoms with van der Waals surface area (Å²) in [6.45, 7) is 1.68. The van der Waals surface area contributed by atoms with Gasteiger partial charge in [-0.2, -0.15) is 18.6 Å². The Morgan fingerprint density at radius 1 is 1.05 bits per heavy atom. The van der Waals surface area contributed by atoms with Crippen molar-refractivity contribution in [3.05, 3.63) is 81.8 Å². The summed E-state index contributed by atoms with van der Waals surface area (Å²) in [6, 6.07) is 15.6. The summed E-state index contributed by atoms with van der Waals surface area (Å²) in [5.41, 5.74) is 0.391. The third kappa shape index (κ3) is 6.72. The molecule has 13 heteroatoms. The third-order valence-electron chi connectivity index (χ3n) is 5.65. The molecule has 4 aromatic rings. The first kappa shape index (κ1) is 30.8. The topological polar surface area (TPSA) is 140 Å². The molecule has 0 atom stereocenters. The number of nitrogens with zero attached hydrogens (tertiary/aromatic N) is 2. The van der Waals surface area contributed by atoms with Gasteiger partial charge in [0.1, 0.15) is 10.6 Å². The summed E-state index contributed by atoms with van der Waals surface area (Å²) < 4.78 is 38.1. The normalized spacial score (nSPS) is 11.4. The van der Waals surface area contributed by atoms with Gasteiger partial charge in [0.05, 0.1) is 34.2 Å². The van der Waals surface area contributed by atoms with Crippen LogP contribution in [0.15, 0.2) is 75.8 Å². The zero-order valence-electron chi connectivity index (χ0n) is 21.0. The van der Waals surface area contributed by atoms with Gasteiger partial charge in [0.15, 0.2) is 0 Å². The van der Waals surface area contributed by atoms with Crippen LogP contribution in [0.2, 0.25) is 10.0 Å². The number of carbonyl (C=O) groups is 1. The zero-order chi connectivity index (χ0) is 27.6. The number of fused-ring (bicyclic) bond motifs is 1. The van der Waals surface area contributed by atoms with Gasteiger partial charge < -0.3 is 15.2 Å². The van der Waals surface area contributed by atoms with Gasteiger partial charge in [-0.25, -0.2) is 0 Å². The van der Waals surface area contributed by atoms with E-state index in [-0.39, 0.29) is 74.2 Å². The van der Waals surface area contributed by atoms with Crippen molar-refractivity contribution in [3.63, 3.8) is 0 Å². The standard InChI is InChI=1S/C26H21Cl2N3O6S.Na/c1-3-14-10-16(12-21(28)25(14)38(34,35)36)30-31-23-18-7-5-4-6-15(18)11-19(24(23)32)26(33)29-22-9-8-17(37-2)13-20(22)27;/h4-13,32H,3H2,1-2H3,(H,29,33)(H,34,35,36);/q;+1/p-1. The number of hydrogen-bond donors (Lipinski definition) is 2. The van der Waals surface area contributed by atoms with Gasteiger partial charge in [-0.1, -0.05) is 60.1 Å². The second kappa shape index (κ2) is 12.6. The Balaban J connectivity index is 0.00000420. The van der Waals surface area contributed by atoms with Crippen LogP contribution in [0.3, 0.4) is 0 Å². The quantitative estimate of drug-likeness (QED) is 0.189. The fraction of sp³-hybridized carbons (Fsp3) is 0.115. The van der Waals surface area contributed by atoms with E-state index in [9.17, 15) is 22.9 Å². The second-order valence-corrected chi connectivity index (χ2v) is 10.2. The van der Waals surface area contributed by atoms with E-state index in [2.05, 4.69) is 15.5 Å². The van der Waals surface area contributed by atoms with Crippen molar-refractivity contribution in [2.75, 3.05) is 12.4 Å². The van der Waals surface area contributed by atoms with Gasteiger partial charge in [0.2, 0.25) is 0 Å². The molecule has 0 bridgehead atoms. The molecular weight excluding hydrogens is 576 g/mol. The van der Waals surface area contributed by atoms with E-state index in [1.807, 2.05) is 0 Å². The van der Waals surface area contributed by atoms with Crippen LogP contribution in [0.25, 0.3) is 10.8 Å². The molecule has 0 saturated carbocycles. The van der Waals surface area contributed by atoms with Crippen LogP contribution >= 0.6 is 23.2 Å². The van der Waals surface area contributed by atoms with E-state index < -0.39 is 26.7 Å². The van der Waals surface area contributed by atoms with Crippen LogP contribution < -0.4 is 44.7 Å². The van der Waals surface area contributed by atoms with Crippen molar-refractivity contribution < 1.29 is 57.2 Å². The molecule has 4 aromatic carbocycles.